The van der Waals surface area contributed by atoms with E-state index in [1.54, 1.807) is 13.2 Å². The molecule has 0 fully saturated rings. The zero-order valence-corrected chi connectivity index (χ0v) is 14.8. The molecule has 1 rings (SSSR count). The van der Waals surface area contributed by atoms with E-state index < -0.39 is 6.10 Å². The molecule has 1 aromatic rings. The molecule has 4 heteroatoms. The highest BCUT2D eigenvalue weighted by atomic mass is 16.5. The third-order valence-electron chi connectivity index (χ3n) is 3.65. The molecule has 0 saturated carbocycles. The molecule has 1 unspecified atom stereocenters. The molecule has 0 heterocycles. The lowest BCUT2D eigenvalue weighted by atomic mass is 10.0. The monoisotopic (exact) mass is 332 g/mol. The molecule has 1 aromatic carbocycles. The highest BCUT2D eigenvalue weighted by Gasteiger charge is 2.06. The Morgan fingerprint density at radius 1 is 1.29 bits per heavy atom. The van der Waals surface area contributed by atoms with E-state index in [4.69, 9.17) is 14.6 Å². The van der Waals surface area contributed by atoms with Crippen molar-refractivity contribution in [2.75, 3.05) is 20.3 Å². The number of hydrogen-bond donors (Lipinski definition) is 2. The maximum absolute atomic E-state index is 9.74. The first-order valence-electron chi connectivity index (χ1n) is 8.05. The quantitative estimate of drug-likeness (QED) is 0.641. The third kappa shape index (κ3) is 7.02. The molecule has 0 aliphatic rings. The van der Waals surface area contributed by atoms with E-state index in [2.05, 4.69) is 6.58 Å². The zero-order valence-electron chi connectivity index (χ0n) is 14.8. The molecule has 24 heavy (non-hydrogen) atoms. The van der Waals surface area contributed by atoms with Gasteiger partial charge in [-0.25, -0.2) is 0 Å². The second-order valence-electron chi connectivity index (χ2n) is 5.76. The summed E-state index contributed by atoms with van der Waals surface area (Å²) in [5.41, 5.74) is 2.89. The highest BCUT2D eigenvalue weighted by molar-refractivity contribution is 5.55. The number of aliphatic hydroxyl groups excluding tert-OH is 2. The minimum Gasteiger partial charge on any atom is -0.493 e. The Hall–Kier alpha value is -2.04. The van der Waals surface area contributed by atoms with Gasteiger partial charge in [-0.1, -0.05) is 35.9 Å². The number of rotatable bonds is 10. The van der Waals surface area contributed by atoms with Crippen LogP contribution in [0.15, 0.2) is 48.1 Å². The first-order chi connectivity index (χ1) is 11.5. The molecule has 0 amide bonds. The fourth-order valence-electron chi connectivity index (χ4n) is 2.08. The van der Waals surface area contributed by atoms with Gasteiger partial charge in [-0.15, -0.1) is 0 Å². The van der Waals surface area contributed by atoms with Gasteiger partial charge in [0.25, 0.3) is 0 Å². The van der Waals surface area contributed by atoms with Crippen molar-refractivity contribution in [3.05, 3.63) is 53.6 Å². The largest absolute Gasteiger partial charge is 0.493 e. The molecule has 0 spiro atoms. The topological polar surface area (TPSA) is 58.9 Å². The minimum atomic E-state index is -0.450. The molecule has 0 radical (unpaired) electrons. The van der Waals surface area contributed by atoms with Gasteiger partial charge in [0.15, 0.2) is 11.5 Å². The molecule has 4 nitrogen and oxygen atoms in total. The summed E-state index contributed by atoms with van der Waals surface area (Å²) in [6.45, 7) is 8.05. The average Bonchev–Trinajstić information content (AvgIpc) is 2.58. The van der Waals surface area contributed by atoms with Crippen LogP contribution in [-0.4, -0.2) is 36.6 Å². The van der Waals surface area contributed by atoms with Gasteiger partial charge in [0.2, 0.25) is 0 Å². The molecule has 0 aliphatic carbocycles. The Morgan fingerprint density at radius 2 is 2.04 bits per heavy atom. The number of methoxy groups -OCH3 is 1. The summed E-state index contributed by atoms with van der Waals surface area (Å²) < 4.78 is 11.1. The molecule has 1 atom stereocenters. The van der Waals surface area contributed by atoms with E-state index in [1.165, 1.54) is 0 Å². The smallest absolute Gasteiger partial charge is 0.161 e. The fourth-order valence-corrected chi connectivity index (χ4v) is 2.08. The maximum Gasteiger partial charge on any atom is 0.161 e. The summed E-state index contributed by atoms with van der Waals surface area (Å²) in [7, 11) is 1.60. The summed E-state index contributed by atoms with van der Waals surface area (Å²) >= 11 is 0. The lowest BCUT2D eigenvalue weighted by molar-refractivity contribution is 0.201. The van der Waals surface area contributed by atoms with Gasteiger partial charge >= 0.3 is 0 Å². The SMILES string of the molecule is C=C(C)C(O)CCC(C)=CCOc1ccc(C=CCO)cc1OC. The van der Waals surface area contributed by atoms with Crippen molar-refractivity contribution in [1.82, 2.24) is 0 Å². The van der Waals surface area contributed by atoms with E-state index in [0.717, 1.165) is 23.1 Å². The van der Waals surface area contributed by atoms with Crippen LogP contribution in [0, 0.1) is 0 Å². The van der Waals surface area contributed by atoms with Gasteiger partial charge in [-0.2, -0.15) is 0 Å². The average molecular weight is 332 g/mol. The zero-order chi connectivity index (χ0) is 17.9. The Bertz CT molecular complexity index is 587. The number of benzene rings is 1. The summed E-state index contributed by atoms with van der Waals surface area (Å²) in [6, 6.07) is 5.62. The van der Waals surface area contributed by atoms with Crippen LogP contribution in [-0.2, 0) is 0 Å². The Kier molecular flexibility index (Phi) is 8.90. The predicted molar refractivity (Wildman–Crippen MR) is 98.4 cm³/mol. The van der Waals surface area contributed by atoms with Crippen molar-refractivity contribution in [1.29, 1.82) is 0 Å². The summed E-state index contributed by atoms with van der Waals surface area (Å²) in [6.07, 6.45) is 6.52. The van der Waals surface area contributed by atoms with Gasteiger partial charge in [0, 0.05) is 0 Å². The minimum absolute atomic E-state index is 0.00468. The normalized spacial score (nSPS) is 13.1. The molecular formula is C20H28O4. The number of ether oxygens (including phenoxy) is 2. The standard InChI is InChI=1S/C20H28O4/c1-15(2)18(22)9-7-16(3)11-13-24-19-10-8-17(6-5-12-21)14-20(19)23-4/h5-6,8,10-11,14,18,21-22H,1,7,9,12-13H2,2-4H3. The van der Waals surface area contributed by atoms with Gasteiger partial charge in [-0.05, 0) is 50.5 Å². The van der Waals surface area contributed by atoms with E-state index in [0.29, 0.717) is 24.5 Å². The second kappa shape index (κ2) is 10.7. The molecule has 0 bridgehead atoms. The summed E-state index contributed by atoms with van der Waals surface area (Å²) in [5.74, 6) is 1.32. The van der Waals surface area contributed by atoms with E-state index >= 15 is 0 Å². The van der Waals surface area contributed by atoms with Crippen molar-refractivity contribution in [2.45, 2.75) is 32.8 Å². The molecular weight excluding hydrogens is 304 g/mol. The van der Waals surface area contributed by atoms with Crippen molar-refractivity contribution >= 4 is 6.08 Å². The van der Waals surface area contributed by atoms with Crippen LogP contribution < -0.4 is 9.47 Å². The van der Waals surface area contributed by atoms with Gasteiger partial charge in [0.1, 0.15) is 6.61 Å². The predicted octanol–water partition coefficient (Wildman–Crippen LogP) is 3.74. The Labute approximate surface area is 144 Å². The number of hydrogen-bond acceptors (Lipinski definition) is 4. The molecule has 2 N–H and O–H groups in total. The van der Waals surface area contributed by atoms with Gasteiger partial charge in [0.05, 0.1) is 19.8 Å². The lowest BCUT2D eigenvalue weighted by Crippen LogP contribution is -2.07. The van der Waals surface area contributed by atoms with E-state index in [1.807, 2.05) is 44.2 Å². The molecule has 0 saturated heterocycles. The first-order valence-corrected chi connectivity index (χ1v) is 8.05. The van der Waals surface area contributed by atoms with Crippen LogP contribution in [0.1, 0.15) is 32.3 Å². The molecule has 132 valence electrons. The molecule has 0 aliphatic heterocycles. The Morgan fingerprint density at radius 3 is 2.67 bits per heavy atom. The van der Waals surface area contributed by atoms with E-state index in [9.17, 15) is 5.11 Å². The Balaban J connectivity index is 2.58. The van der Waals surface area contributed by atoms with Crippen LogP contribution >= 0.6 is 0 Å². The number of allylic oxidation sites excluding steroid dienone is 1. The third-order valence-corrected chi connectivity index (χ3v) is 3.65. The van der Waals surface area contributed by atoms with Gasteiger partial charge in [-0.3, -0.25) is 0 Å². The van der Waals surface area contributed by atoms with Crippen molar-refractivity contribution in [2.24, 2.45) is 0 Å². The summed E-state index contributed by atoms with van der Waals surface area (Å²) in [4.78, 5) is 0. The lowest BCUT2D eigenvalue weighted by Gasteiger charge is -2.11. The first kappa shape index (κ1) is 20.0. The van der Waals surface area contributed by atoms with Crippen LogP contribution in [0.4, 0.5) is 0 Å². The van der Waals surface area contributed by atoms with Crippen LogP contribution in [0.3, 0.4) is 0 Å². The highest BCUT2D eigenvalue weighted by Crippen LogP contribution is 2.28. The van der Waals surface area contributed by atoms with Crippen LogP contribution in [0.5, 0.6) is 11.5 Å². The fraction of sp³-hybridized carbons (Fsp3) is 0.400. The van der Waals surface area contributed by atoms with E-state index in [-0.39, 0.29) is 6.61 Å². The van der Waals surface area contributed by atoms with Crippen LogP contribution in [0.2, 0.25) is 0 Å². The second-order valence-corrected chi connectivity index (χ2v) is 5.76. The summed E-state index contributed by atoms with van der Waals surface area (Å²) in [5, 5.41) is 18.6. The maximum atomic E-state index is 9.74. The van der Waals surface area contributed by atoms with Crippen molar-refractivity contribution < 1.29 is 19.7 Å². The number of aliphatic hydroxyl groups is 2. The van der Waals surface area contributed by atoms with Crippen molar-refractivity contribution in [3.8, 4) is 11.5 Å². The van der Waals surface area contributed by atoms with Crippen LogP contribution in [0.25, 0.3) is 6.08 Å². The van der Waals surface area contributed by atoms with Crippen molar-refractivity contribution in [3.63, 3.8) is 0 Å². The van der Waals surface area contributed by atoms with Gasteiger partial charge < -0.3 is 19.7 Å². The molecule has 0 aromatic heterocycles.